The number of hydrogen-bond acceptors (Lipinski definition) is 5. The highest BCUT2D eigenvalue weighted by atomic mass is 16.3. The minimum Gasteiger partial charge on any atom is -0.395 e. The van der Waals surface area contributed by atoms with Crippen LogP contribution in [-0.2, 0) is 0 Å². The van der Waals surface area contributed by atoms with Crippen LogP contribution in [-0.4, -0.2) is 41.3 Å². The summed E-state index contributed by atoms with van der Waals surface area (Å²) in [6.07, 6.45) is 1.02. The summed E-state index contributed by atoms with van der Waals surface area (Å²) in [4.78, 5) is 11.5. The average molecular weight is 280 g/mol. The van der Waals surface area contributed by atoms with E-state index in [0.717, 1.165) is 42.5 Å². The lowest BCUT2D eigenvalue weighted by molar-refractivity contribution is 0.301. The van der Waals surface area contributed by atoms with Gasteiger partial charge in [0.15, 0.2) is 0 Å². The summed E-state index contributed by atoms with van der Waals surface area (Å²) in [5.41, 5.74) is 1.05. The molecule has 0 saturated carbocycles. The molecule has 20 heavy (non-hydrogen) atoms. The normalized spacial score (nSPS) is 10.9. The van der Waals surface area contributed by atoms with Crippen LogP contribution in [0.15, 0.2) is 0 Å². The lowest BCUT2D eigenvalue weighted by Crippen LogP contribution is -2.30. The Morgan fingerprint density at radius 2 is 1.90 bits per heavy atom. The molecule has 0 aromatic carbocycles. The molecule has 0 aliphatic rings. The maximum absolute atomic E-state index is 9.27. The first-order valence-corrected chi connectivity index (χ1v) is 7.53. The number of aliphatic hydroxyl groups excluding tert-OH is 1. The Labute approximate surface area is 122 Å². The third kappa shape index (κ3) is 4.07. The highest BCUT2D eigenvalue weighted by Gasteiger charge is 2.17. The van der Waals surface area contributed by atoms with Crippen molar-refractivity contribution in [1.82, 2.24) is 9.97 Å². The summed E-state index contributed by atoms with van der Waals surface area (Å²) in [5, 5.41) is 12.6. The van der Waals surface area contributed by atoms with Crippen molar-refractivity contribution in [3.63, 3.8) is 0 Å². The zero-order chi connectivity index (χ0) is 15.1. The topological polar surface area (TPSA) is 61.3 Å². The predicted molar refractivity (Wildman–Crippen MR) is 84.6 cm³/mol. The first-order valence-electron chi connectivity index (χ1n) is 7.53. The van der Waals surface area contributed by atoms with Crippen LogP contribution in [0.4, 0.5) is 11.6 Å². The second-order valence-corrected chi connectivity index (χ2v) is 5.27. The Hall–Kier alpha value is -1.36. The fraction of sp³-hybridized carbons (Fsp3) is 0.733. The van der Waals surface area contributed by atoms with Crippen molar-refractivity contribution >= 4 is 11.6 Å². The Morgan fingerprint density at radius 1 is 1.20 bits per heavy atom. The first-order chi connectivity index (χ1) is 9.54. The number of rotatable bonds is 8. The molecule has 0 unspecified atom stereocenters. The maximum atomic E-state index is 9.27. The first kappa shape index (κ1) is 16.7. The van der Waals surface area contributed by atoms with Gasteiger partial charge < -0.3 is 15.3 Å². The van der Waals surface area contributed by atoms with Gasteiger partial charge in [-0.2, -0.15) is 0 Å². The highest BCUT2D eigenvalue weighted by Crippen LogP contribution is 2.26. The van der Waals surface area contributed by atoms with E-state index in [1.165, 1.54) is 0 Å². The standard InChI is InChI=1S/C15H28N4O/c1-6-8-19(9-10-20)15-12(5)14(16-7-2)17-13(18-15)11(3)4/h11,20H,6-10H2,1-5H3,(H,16,17,18). The number of anilines is 2. The molecule has 5 heteroatoms. The third-order valence-corrected chi connectivity index (χ3v) is 3.16. The molecular weight excluding hydrogens is 252 g/mol. The molecule has 0 bridgehead atoms. The molecule has 1 heterocycles. The number of nitrogens with zero attached hydrogens (tertiary/aromatic N) is 3. The molecule has 1 rings (SSSR count). The summed E-state index contributed by atoms with van der Waals surface area (Å²) >= 11 is 0. The van der Waals surface area contributed by atoms with Crippen molar-refractivity contribution < 1.29 is 5.11 Å². The average Bonchev–Trinajstić information content (AvgIpc) is 2.41. The molecule has 0 radical (unpaired) electrons. The Kier molecular flexibility index (Phi) is 6.71. The van der Waals surface area contributed by atoms with Crippen LogP contribution in [0, 0.1) is 6.92 Å². The van der Waals surface area contributed by atoms with Crippen LogP contribution in [0.25, 0.3) is 0 Å². The molecule has 0 aliphatic carbocycles. The van der Waals surface area contributed by atoms with Crippen molar-refractivity contribution in [3.05, 3.63) is 11.4 Å². The molecule has 1 aromatic heterocycles. The fourth-order valence-electron chi connectivity index (χ4n) is 2.14. The molecule has 0 amide bonds. The lowest BCUT2D eigenvalue weighted by atomic mass is 10.2. The van der Waals surface area contributed by atoms with Gasteiger partial charge in [-0.3, -0.25) is 0 Å². The molecule has 0 aliphatic heterocycles. The van der Waals surface area contributed by atoms with Gasteiger partial charge >= 0.3 is 0 Å². The van der Waals surface area contributed by atoms with E-state index in [0.29, 0.717) is 6.54 Å². The van der Waals surface area contributed by atoms with E-state index >= 15 is 0 Å². The van der Waals surface area contributed by atoms with Gasteiger partial charge in [0, 0.05) is 31.1 Å². The summed E-state index contributed by atoms with van der Waals surface area (Å²) in [5.74, 6) is 2.97. The summed E-state index contributed by atoms with van der Waals surface area (Å²) in [6, 6.07) is 0. The number of aliphatic hydroxyl groups is 1. The highest BCUT2D eigenvalue weighted by molar-refractivity contribution is 5.58. The van der Waals surface area contributed by atoms with Crippen molar-refractivity contribution in [3.8, 4) is 0 Å². The summed E-state index contributed by atoms with van der Waals surface area (Å²) < 4.78 is 0. The van der Waals surface area contributed by atoms with Gasteiger partial charge in [-0.1, -0.05) is 20.8 Å². The SMILES string of the molecule is CCCN(CCO)c1nc(C(C)C)nc(NCC)c1C. The molecule has 2 N–H and O–H groups in total. The lowest BCUT2D eigenvalue weighted by Gasteiger charge is -2.26. The van der Waals surface area contributed by atoms with Crippen LogP contribution < -0.4 is 10.2 Å². The van der Waals surface area contributed by atoms with E-state index in [4.69, 9.17) is 4.98 Å². The van der Waals surface area contributed by atoms with Gasteiger partial charge in [-0.05, 0) is 20.3 Å². The predicted octanol–water partition coefficient (Wildman–Crippen LogP) is 2.55. The molecule has 0 saturated heterocycles. The van der Waals surface area contributed by atoms with Gasteiger partial charge in [0.1, 0.15) is 17.5 Å². The second kappa shape index (κ2) is 8.04. The van der Waals surface area contributed by atoms with Crippen molar-refractivity contribution in [1.29, 1.82) is 0 Å². The third-order valence-electron chi connectivity index (χ3n) is 3.16. The van der Waals surface area contributed by atoms with E-state index in [2.05, 4.69) is 42.9 Å². The van der Waals surface area contributed by atoms with Crippen LogP contribution in [0.2, 0.25) is 0 Å². The van der Waals surface area contributed by atoms with E-state index in [1.54, 1.807) is 0 Å². The molecule has 114 valence electrons. The van der Waals surface area contributed by atoms with Crippen LogP contribution in [0.5, 0.6) is 0 Å². The van der Waals surface area contributed by atoms with E-state index in [-0.39, 0.29) is 12.5 Å². The second-order valence-electron chi connectivity index (χ2n) is 5.27. The molecule has 1 aromatic rings. The zero-order valence-corrected chi connectivity index (χ0v) is 13.4. The van der Waals surface area contributed by atoms with Gasteiger partial charge in [0.05, 0.1) is 6.61 Å². The van der Waals surface area contributed by atoms with E-state index < -0.39 is 0 Å². The minimum atomic E-state index is 0.136. The largest absolute Gasteiger partial charge is 0.395 e. The van der Waals surface area contributed by atoms with Gasteiger partial charge in [-0.25, -0.2) is 9.97 Å². The summed E-state index contributed by atoms with van der Waals surface area (Å²) in [7, 11) is 0. The summed E-state index contributed by atoms with van der Waals surface area (Å²) in [6.45, 7) is 12.9. The van der Waals surface area contributed by atoms with Crippen LogP contribution in [0.1, 0.15) is 51.4 Å². The quantitative estimate of drug-likeness (QED) is 0.766. The Balaban J connectivity index is 3.26. The smallest absolute Gasteiger partial charge is 0.137 e. The van der Waals surface area contributed by atoms with Gasteiger partial charge in [0.2, 0.25) is 0 Å². The maximum Gasteiger partial charge on any atom is 0.137 e. The Morgan fingerprint density at radius 3 is 2.40 bits per heavy atom. The van der Waals surface area contributed by atoms with Gasteiger partial charge in [0.25, 0.3) is 0 Å². The molecular formula is C15H28N4O. The van der Waals surface area contributed by atoms with Crippen LogP contribution in [0.3, 0.4) is 0 Å². The fourth-order valence-corrected chi connectivity index (χ4v) is 2.14. The molecule has 0 spiro atoms. The number of nitrogens with one attached hydrogen (secondary N) is 1. The Bertz CT molecular complexity index is 415. The zero-order valence-electron chi connectivity index (χ0n) is 13.4. The molecule has 0 fully saturated rings. The van der Waals surface area contributed by atoms with Crippen molar-refractivity contribution in [2.24, 2.45) is 0 Å². The van der Waals surface area contributed by atoms with Gasteiger partial charge in [-0.15, -0.1) is 0 Å². The van der Waals surface area contributed by atoms with E-state index in [1.807, 2.05) is 6.92 Å². The number of hydrogen-bond donors (Lipinski definition) is 2. The van der Waals surface area contributed by atoms with E-state index in [9.17, 15) is 5.11 Å². The minimum absolute atomic E-state index is 0.136. The van der Waals surface area contributed by atoms with Crippen LogP contribution >= 0.6 is 0 Å². The monoisotopic (exact) mass is 280 g/mol. The molecule has 5 nitrogen and oxygen atoms in total. The molecule has 0 atom stereocenters. The van der Waals surface area contributed by atoms with Crippen molar-refractivity contribution in [2.45, 2.75) is 47.0 Å². The van der Waals surface area contributed by atoms with Crippen molar-refractivity contribution in [2.75, 3.05) is 36.5 Å². The number of aromatic nitrogens is 2.